The average molecular weight is 325 g/mol. The molecule has 2 rings (SSSR count). The van der Waals surface area contributed by atoms with Gasteiger partial charge in [-0.1, -0.05) is 24.6 Å². The second kappa shape index (κ2) is 7.11. The van der Waals surface area contributed by atoms with Crippen molar-refractivity contribution in [2.24, 2.45) is 11.8 Å². The van der Waals surface area contributed by atoms with Crippen molar-refractivity contribution in [3.8, 4) is 0 Å². The number of hydrogen-bond donors (Lipinski definition) is 2. The van der Waals surface area contributed by atoms with E-state index in [2.05, 4.69) is 5.32 Å². The molecule has 0 aromatic heterocycles. The van der Waals surface area contributed by atoms with Gasteiger partial charge in [0.25, 0.3) is 0 Å². The molecule has 1 aliphatic rings. The Bertz CT molecular complexity index is 577. The molecule has 0 bridgehead atoms. The number of anilines is 1. The summed E-state index contributed by atoms with van der Waals surface area (Å²) in [7, 11) is 0. The molecule has 0 aliphatic carbocycles. The number of hydrogen-bond acceptors (Lipinski definition) is 3. The van der Waals surface area contributed by atoms with Crippen LogP contribution in [0.4, 0.5) is 5.69 Å². The summed E-state index contributed by atoms with van der Waals surface area (Å²) in [5.41, 5.74) is 1.61. The van der Waals surface area contributed by atoms with E-state index in [1.165, 1.54) is 0 Å². The van der Waals surface area contributed by atoms with Crippen LogP contribution in [-0.2, 0) is 9.59 Å². The van der Waals surface area contributed by atoms with Gasteiger partial charge in [0.2, 0.25) is 5.91 Å². The number of amides is 1. The van der Waals surface area contributed by atoms with Gasteiger partial charge < -0.3 is 10.4 Å². The molecule has 1 aliphatic heterocycles. The summed E-state index contributed by atoms with van der Waals surface area (Å²) < 4.78 is 0. The van der Waals surface area contributed by atoms with Crippen LogP contribution in [0.3, 0.4) is 0 Å². The van der Waals surface area contributed by atoms with Crippen molar-refractivity contribution in [3.63, 3.8) is 0 Å². The molecule has 6 heteroatoms. The van der Waals surface area contributed by atoms with E-state index in [9.17, 15) is 9.59 Å². The van der Waals surface area contributed by atoms with Crippen molar-refractivity contribution in [2.75, 3.05) is 25.0 Å². The maximum absolute atomic E-state index is 12.1. The molecule has 1 aromatic carbocycles. The number of rotatable bonds is 4. The maximum atomic E-state index is 12.1. The van der Waals surface area contributed by atoms with E-state index in [1.807, 2.05) is 24.8 Å². The molecule has 2 unspecified atom stereocenters. The average Bonchev–Trinajstić information content (AvgIpc) is 2.42. The lowest BCUT2D eigenvalue weighted by atomic mass is 9.90. The molecule has 1 aromatic rings. The van der Waals surface area contributed by atoms with Gasteiger partial charge in [0.05, 0.1) is 12.5 Å². The van der Waals surface area contributed by atoms with Crippen LogP contribution in [0.1, 0.15) is 18.9 Å². The van der Waals surface area contributed by atoms with Gasteiger partial charge in [0.1, 0.15) is 0 Å². The van der Waals surface area contributed by atoms with Crippen molar-refractivity contribution in [1.82, 2.24) is 4.90 Å². The quantitative estimate of drug-likeness (QED) is 0.893. The van der Waals surface area contributed by atoms with E-state index in [-0.39, 0.29) is 18.4 Å². The highest BCUT2D eigenvalue weighted by Crippen LogP contribution is 2.22. The number of likely N-dealkylation sites (tertiary alicyclic amines) is 1. The van der Waals surface area contributed by atoms with Gasteiger partial charge in [-0.3, -0.25) is 14.5 Å². The standard InChI is InChI=1S/C16H21ClN2O3/c1-10-5-12(16(21)22)8-19(7-10)9-15(20)18-13-4-3-11(2)14(17)6-13/h3-4,6,10,12H,5,7-9H2,1-2H3,(H,18,20)(H,21,22). The number of carboxylic acid groups (broad SMARTS) is 1. The highest BCUT2D eigenvalue weighted by atomic mass is 35.5. The van der Waals surface area contributed by atoms with Crippen LogP contribution in [0.15, 0.2) is 18.2 Å². The van der Waals surface area contributed by atoms with E-state index in [1.54, 1.807) is 12.1 Å². The van der Waals surface area contributed by atoms with E-state index < -0.39 is 11.9 Å². The highest BCUT2D eigenvalue weighted by molar-refractivity contribution is 6.31. The number of nitrogens with one attached hydrogen (secondary N) is 1. The second-order valence-corrected chi connectivity index (χ2v) is 6.49. The van der Waals surface area contributed by atoms with Crippen LogP contribution in [0, 0.1) is 18.8 Å². The smallest absolute Gasteiger partial charge is 0.307 e. The van der Waals surface area contributed by atoms with E-state index in [0.717, 1.165) is 12.1 Å². The van der Waals surface area contributed by atoms with E-state index in [0.29, 0.717) is 23.7 Å². The van der Waals surface area contributed by atoms with Gasteiger partial charge in [-0.25, -0.2) is 0 Å². The lowest BCUT2D eigenvalue weighted by Crippen LogP contribution is -2.45. The zero-order valence-corrected chi connectivity index (χ0v) is 13.6. The van der Waals surface area contributed by atoms with Gasteiger partial charge in [-0.2, -0.15) is 0 Å². The Kier molecular flexibility index (Phi) is 5.42. The van der Waals surface area contributed by atoms with Gasteiger partial charge in [-0.15, -0.1) is 0 Å². The second-order valence-electron chi connectivity index (χ2n) is 6.08. The molecule has 1 saturated heterocycles. The third kappa shape index (κ3) is 4.45. The number of nitrogens with zero attached hydrogens (tertiary/aromatic N) is 1. The Morgan fingerprint density at radius 1 is 1.41 bits per heavy atom. The fourth-order valence-corrected chi connectivity index (χ4v) is 3.02. The SMILES string of the molecule is Cc1ccc(NC(=O)CN2CC(C)CC(C(=O)O)C2)cc1Cl. The maximum Gasteiger partial charge on any atom is 0.307 e. The molecule has 1 fully saturated rings. The number of carbonyl (C=O) groups is 2. The molecule has 1 heterocycles. The minimum atomic E-state index is -0.790. The zero-order chi connectivity index (χ0) is 16.3. The Morgan fingerprint density at radius 2 is 2.14 bits per heavy atom. The van der Waals surface area contributed by atoms with E-state index >= 15 is 0 Å². The lowest BCUT2D eigenvalue weighted by molar-refractivity contribution is -0.144. The molecule has 1 amide bonds. The monoisotopic (exact) mass is 324 g/mol. The predicted octanol–water partition coefficient (Wildman–Crippen LogP) is 2.63. The van der Waals surface area contributed by atoms with Crippen LogP contribution in [0.25, 0.3) is 0 Å². The molecule has 5 nitrogen and oxygen atoms in total. The third-order valence-electron chi connectivity index (χ3n) is 3.91. The molecule has 120 valence electrons. The highest BCUT2D eigenvalue weighted by Gasteiger charge is 2.30. The normalized spacial score (nSPS) is 22.3. The number of piperidine rings is 1. The van der Waals surface area contributed by atoms with Crippen LogP contribution in [-0.4, -0.2) is 41.5 Å². The summed E-state index contributed by atoms with van der Waals surface area (Å²) >= 11 is 6.04. The van der Waals surface area contributed by atoms with E-state index in [4.69, 9.17) is 16.7 Å². The first kappa shape index (κ1) is 16.8. The fraction of sp³-hybridized carbons (Fsp3) is 0.500. The Hall–Kier alpha value is -1.59. The molecular formula is C16H21ClN2O3. The van der Waals surface area contributed by atoms with Crippen molar-refractivity contribution in [3.05, 3.63) is 28.8 Å². The summed E-state index contributed by atoms with van der Waals surface area (Å²) in [5, 5.41) is 12.6. The van der Waals surface area contributed by atoms with Crippen molar-refractivity contribution < 1.29 is 14.7 Å². The summed E-state index contributed by atoms with van der Waals surface area (Å²) in [5.74, 6) is -1.07. The Morgan fingerprint density at radius 3 is 2.77 bits per heavy atom. The molecule has 0 saturated carbocycles. The molecule has 2 N–H and O–H groups in total. The van der Waals surface area contributed by atoms with Gasteiger partial charge in [-0.05, 0) is 37.0 Å². The summed E-state index contributed by atoms with van der Waals surface area (Å²) in [6, 6.07) is 5.37. The minimum absolute atomic E-state index is 0.154. The van der Waals surface area contributed by atoms with Gasteiger partial charge in [0.15, 0.2) is 0 Å². The van der Waals surface area contributed by atoms with Crippen LogP contribution < -0.4 is 5.32 Å². The zero-order valence-electron chi connectivity index (χ0n) is 12.8. The van der Waals surface area contributed by atoms with Gasteiger partial charge in [0, 0.05) is 23.8 Å². The first-order chi connectivity index (χ1) is 10.3. The summed E-state index contributed by atoms with van der Waals surface area (Å²) in [4.78, 5) is 25.2. The summed E-state index contributed by atoms with van der Waals surface area (Å²) in [6.07, 6.45) is 0.668. The van der Waals surface area contributed by atoms with Crippen molar-refractivity contribution in [2.45, 2.75) is 20.3 Å². The Labute approximate surface area is 135 Å². The van der Waals surface area contributed by atoms with Crippen LogP contribution in [0.2, 0.25) is 5.02 Å². The third-order valence-corrected chi connectivity index (χ3v) is 4.31. The summed E-state index contributed by atoms with van der Waals surface area (Å²) in [6.45, 7) is 5.27. The number of carbonyl (C=O) groups excluding carboxylic acids is 1. The molecule has 0 radical (unpaired) electrons. The molecule has 22 heavy (non-hydrogen) atoms. The Balaban J connectivity index is 1.93. The van der Waals surface area contributed by atoms with Gasteiger partial charge >= 0.3 is 5.97 Å². The van der Waals surface area contributed by atoms with Crippen molar-refractivity contribution in [1.29, 1.82) is 0 Å². The van der Waals surface area contributed by atoms with Crippen LogP contribution in [0.5, 0.6) is 0 Å². The number of benzene rings is 1. The van der Waals surface area contributed by atoms with Crippen LogP contribution >= 0.6 is 11.6 Å². The first-order valence-corrected chi connectivity index (χ1v) is 7.74. The first-order valence-electron chi connectivity index (χ1n) is 7.36. The molecule has 2 atom stereocenters. The fourth-order valence-electron chi connectivity index (χ4n) is 2.84. The number of aryl methyl sites for hydroxylation is 1. The number of halogens is 1. The number of carboxylic acids is 1. The number of aliphatic carboxylic acids is 1. The molecule has 0 spiro atoms. The largest absolute Gasteiger partial charge is 0.481 e. The molecular weight excluding hydrogens is 304 g/mol. The lowest BCUT2D eigenvalue weighted by Gasteiger charge is -2.34. The minimum Gasteiger partial charge on any atom is -0.481 e. The predicted molar refractivity (Wildman–Crippen MR) is 86.2 cm³/mol. The topological polar surface area (TPSA) is 69.6 Å². The van der Waals surface area contributed by atoms with Crippen molar-refractivity contribution >= 4 is 29.2 Å².